The quantitative estimate of drug-likeness (QED) is 0.685. The predicted molar refractivity (Wildman–Crippen MR) is 71.9 cm³/mol. The SMILES string of the molecule is Nc1c(C(=O)N2CC(O)C(O)C2)sc2cnccc12. The van der Waals surface area contributed by atoms with Crippen molar-refractivity contribution in [2.75, 3.05) is 18.8 Å². The summed E-state index contributed by atoms with van der Waals surface area (Å²) in [7, 11) is 0. The Bertz CT molecular complexity index is 632. The number of nitrogens with two attached hydrogens (primary N) is 1. The number of anilines is 1. The van der Waals surface area contributed by atoms with Gasteiger partial charge in [0.25, 0.3) is 5.91 Å². The van der Waals surface area contributed by atoms with Crippen LogP contribution in [-0.4, -0.2) is 51.3 Å². The van der Waals surface area contributed by atoms with Gasteiger partial charge in [0.15, 0.2) is 0 Å². The maximum absolute atomic E-state index is 12.3. The minimum atomic E-state index is -0.888. The lowest BCUT2D eigenvalue weighted by atomic mass is 10.2. The molecule has 0 radical (unpaired) electrons. The van der Waals surface area contributed by atoms with Crippen molar-refractivity contribution in [3.63, 3.8) is 0 Å². The molecule has 1 aliphatic rings. The average Bonchev–Trinajstić information content (AvgIpc) is 2.91. The number of rotatable bonds is 1. The molecule has 2 unspecified atom stereocenters. The van der Waals surface area contributed by atoms with Gasteiger partial charge >= 0.3 is 0 Å². The van der Waals surface area contributed by atoms with E-state index in [4.69, 9.17) is 5.73 Å². The molecule has 2 aromatic rings. The van der Waals surface area contributed by atoms with Crippen LogP contribution in [0.3, 0.4) is 0 Å². The molecule has 0 aliphatic carbocycles. The van der Waals surface area contributed by atoms with E-state index in [0.29, 0.717) is 10.6 Å². The molecule has 0 saturated carbocycles. The van der Waals surface area contributed by atoms with Crippen LogP contribution in [0, 0.1) is 0 Å². The third kappa shape index (κ3) is 1.95. The third-order valence-corrected chi connectivity index (χ3v) is 4.42. The number of amides is 1. The van der Waals surface area contributed by atoms with E-state index < -0.39 is 12.2 Å². The van der Waals surface area contributed by atoms with Crippen molar-refractivity contribution in [2.24, 2.45) is 0 Å². The Hall–Kier alpha value is -1.70. The van der Waals surface area contributed by atoms with Gasteiger partial charge in [-0.1, -0.05) is 0 Å². The molecule has 0 spiro atoms. The zero-order valence-corrected chi connectivity index (χ0v) is 10.8. The highest BCUT2D eigenvalue weighted by Gasteiger charge is 2.34. The van der Waals surface area contributed by atoms with E-state index in [1.54, 1.807) is 18.5 Å². The Kier molecular flexibility index (Phi) is 2.89. The largest absolute Gasteiger partial charge is 0.397 e. The van der Waals surface area contributed by atoms with Crippen LogP contribution in [0.2, 0.25) is 0 Å². The van der Waals surface area contributed by atoms with Crippen LogP contribution in [0.4, 0.5) is 5.69 Å². The normalized spacial score (nSPS) is 23.2. The van der Waals surface area contributed by atoms with Gasteiger partial charge in [0, 0.05) is 30.9 Å². The Morgan fingerprint density at radius 2 is 2.11 bits per heavy atom. The van der Waals surface area contributed by atoms with Crippen LogP contribution >= 0.6 is 11.3 Å². The van der Waals surface area contributed by atoms with Crippen molar-refractivity contribution < 1.29 is 15.0 Å². The maximum atomic E-state index is 12.3. The smallest absolute Gasteiger partial charge is 0.266 e. The van der Waals surface area contributed by atoms with E-state index in [2.05, 4.69) is 4.98 Å². The summed E-state index contributed by atoms with van der Waals surface area (Å²) in [5.41, 5.74) is 6.42. The maximum Gasteiger partial charge on any atom is 0.266 e. The Morgan fingerprint density at radius 1 is 1.42 bits per heavy atom. The second-order valence-corrected chi connectivity index (χ2v) is 5.61. The van der Waals surface area contributed by atoms with Crippen molar-refractivity contribution >= 4 is 33.0 Å². The number of aliphatic hydroxyl groups is 2. The summed E-state index contributed by atoms with van der Waals surface area (Å²) in [6.45, 7) is 0.262. The van der Waals surface area contributed by atoms with Crippen molar-refractivity contribution in [3.8, 4) is 0 Å². The molecule has 1 saturated heterocycles. The van der Waals surface area contributed by atoms with E-state index in [-0.39, 0.29) is 19.0 Å². The van der Waals surface area contributed by atoms with E-state index in [9.17, 15) is 15.0 Å². The zero-order chi connectivity index (χ0) is 13.6. The summed E-state index contributed by atoms with van der Waals surface area (Å²) < 4.78 is 0.851. The van der Waals surface area contributed by atoms with Crippen molar-refractivity contribution in [1.29, 1.82) is 0 Å². The number of aromatic nitrogens is 1. The summed E-state index contributed by atoms with van der Waals surface area (Å²) in [4.78, 5) is 18.2. The van der Waals surface area contributed by atoms with Gasteiger partial charge in [-0.15, -0.1) is 11.3 Å². The molecule has 3 heterocycles. The van der Waals surface area contributed by atoms with Gasteiger partial charge in [-0.05, 0) is 6.07 Å². The molecule has 1 aliphatic heterocycles. The molecule has 3 rings (SSSR count). The molecule has 4 N–H and O–H groups in total. The molecule has 0 aromatic carbocycles. The number of β-amino-alcohol motifs (C(OH)–C–C–N with tert-alkyl or cyclic N) is 2. The molecular formula is C12H13N3O3S. The summed E-state index contributed by atoms with van der Waals surface area (Å²) in [6.07, 6.45) is 1.52. The number of likely N-dealkylation sites (tertiary alicyclic amines) is 1. The minimum Gasteiger partial charge on any atom is -0.397 e. The Labute approximate surface area is 113 Å². The number of hydrogen-bond acceptors (Lipinski definition) is 6. The summed E-state index contributed by atoms with van der Waals surface area (Å²) in [5, 5.41) is 19.8. The van der Waals surface area contributed by atoms with Gasteiger partial charge < -0.3 is 20.8 Å². The van der Waals surface area contributed by atoms with Gasteiger partial charge in [0.05, 0.1) is 22.6 Å². The first-order valence-corrected chi connectivity index (χ1v) is 6.67. The summed E-state index contributed by atoms with van der Waals surface area (Å²) in [5.74, 6) is -0.255. The number of pyridine rings is 1. The monoisotopic (exact) mass is 279 g/mol. The highest BCUT2D eigenvalue weighted by molar-refractivity contribution is 7.21. The first kappa shape index (κ1) is 12.3. The van der Waals surface area contributed by atoms with Crippen LogP contribution in [0.15, 0.2) is 18.5 Å². The highest BCUT2D eigenvalue weighted by atomic mass is 32.1. The van der Waals surface area contributed by atoms with Gasteiger partial charge in [0.1, 0.15) is 4.88 Å². The van der Waals surface area contributed by atoms with Crippen LogP contribution in [-0.2, 0) is 0 Å². The number of carbonyl (C=O) groups is 1. The first-order valence-electron chi connectivity index (χ1n) is 5.85. The van der Waals surface area contributed by atoms with E-state index in [1.807, 2.05) is 0 Å². The topological polar surface area (TPSA) is 99.7 Å². The second kappa shape index (κ2) is 4.44. The minimum absolute atomic E-state index is 0.131. The van der Waals surface area contributed by atoms with E-state index in [1.165, 1.54) is 16.2 Å². The van der Waals surface area contributed by atoms with Crippen molar-refractivity contribution in [1.82, 2.24) is 9.88 Å². The average molecular weight is 279 g/mol. The van der Waals surface area contributed by atoms with Gasteiger partial charge in [-0.25, -0.2) is 0 Å². The number of fused-ring (bicyclic) bond motifs is 1. The molecule has 1 fully saturated rings. The fraction of sp³-hybridized carbons (Fsp3) is 0.333. The third-order valence-electron chi connectivity index (χ3n) is 3.27. The lowest BCUT2D eigenvalue weighted by molar-refractivity contribution is 0.0572. The number of nitrogen functional groups attached to an aromatic ring is 1. The fourth-order valence-corrected chi connectivity index (χ4v) is 3.27. The Morgan fingerprint density at radius 3 is 2.74 bits per heavy atom. The number of carbonyl (C=O) groups excluding carboxylic acids is 1. The van der Waals surface area contributed by atoms with Crippen LogP contribution in [0.1, 0.15) is 9.67 Å². The van der Waals surface area contributed by atoms with Gasteiger partial charge in [-0.2, -0.15) is 0 Å². The molecule has 100 valence electrons. The van der Waals surface area contributed by atoms with Crippen molar-refractivity contribution in [3.05, 3.63) is 23.3 Å². The van der Waals surface area contributed by atoms with E-state index in [0.717, 1.165) is 10.1 Å². The lowest BCUT2D eigenvalue weighted by Crippen LogP contribution is -2.29. The van der Waals surface area contributed by atoms with E-state index >= 15 is 0 Å². The molecule has 19 heavy (non-hydrogen) atoms. The molecule has 2 atom stereocenters. The summed E-state index contributed by atoms with van der Waals surface area (Å²) >= 11 is 1.28. The lowest BCUT2D eigenvalue weighted by Gasteiger charge is -2.14. The van der Waals surface area contributed by atoms with Crippen molar-refractivity contribution in [2.45, 2.75) is 12.2 Å². The number of nitrogens with zero attached hydrogens (tertiary/aromatic N) is 2. The molecule has 0 bridgehead atoms. The van der Waals surface area contributed by atoms with Gasteiger partial charge in [-0.3, -0.25) is 9.78 Å². The Balaban J connectivity index is 1.96. The summed E-state index contributed by atoms with van der Waals surface area (Å²) in [6, 6.07) is 1.77. The van der Waals surface area contributed by atoms with Crippen LogP contribution in [0.5, 0.6) is 0 Å². The molecule has 2 aromatic heterocycles. The first-order chi connectivity index (χ1) is 9.08. The highest BCUT2D eigenvalue weighted by Crippen LogP contribution is 2.34. The fourth-order valence-electron chi connectivity index (χ4n) is 2.21. The van der Waals surface area contributed by atoms with Crippen LogP contribution < -0.4 is 5.73 Å². The standard InChI is InChI=1S/C12H13N3O3S/c13-10-6-1-2-14-3-9(6)19-11(10)12(18)15-4-7(16)8(17)5-15/h1-3,7-8,16-17H,4-5,13H2. The second-order valence-electron chi connectivity index (χ2n) is 4.56. The molecular weight excluding hydrogens is 266 g/mol. The molecule has 7 heteroatoms. The van der Waals surface area contributed by atoms with Crippen LogP contribution in [0.25, 0.3) is 10.1 Å². The number of aliphatic hydroxyl groups excluding tert-OH is 2. The molecule has 1 amide bonds. The van der Waals surface area contributed by atoms with Gasteiger partial charge in [0.2, 0.25) is 0 Å². The molecule has 6 nitrogen and oxygen atoms in total. The number of thiophene rings is 1. The predicted octanol–water partition coefficient (Wildman–Crippen LogP) is 0.0561. The zero-order valence-electron chi connectivity index (χ0n) is 9.98. The number of hydrogen-bond donors (Lipinski definition) is 3.